The third-order valence-electron chi connectivity index (χ3n) is 5.35. The highest BCUT2D eigenvalue weighted by molar-refractivity contribution is 5.59. The number of ether oxygens (including phenoxy) is 5. The summed E-state index contributed by atoms with van der Waals surface area (Å²) in [5.41, 5.74) is 1.25. The maximum absolute atomic E-state index is 12.3. The Hall–Kier alpha value is -2.21. The third-order valence-corrected chi connectivity index (χ3v) is 5.35. The van der Waals surface area contributed by atoms with Crippen molar-refractivity contribution in [1.82, 2.24) is 9.55 Å². The lowest BCUT2D eigenvalue weighted by molar-refractivity contribution is -0.201. The van der Waals surface area contributed by atoms with Crippen molar-refractivity contribution in [2.24, 2.45) is 5.41 Å². The number of rotatable bonds is 6. The maximum Gasteiger partial charge on any atom is 0.508 e. The molecule has 0 unspecified atom stereocenters. The molecule has 4 atom stereocenters. The van der Waals surface area contributed by atoms with E-state index < -0.39 is 42.2 Å². The number of nitrogens with one attached hydrogen (secondary N) is 1. The van der Waals surface area contributed by atoms with E-state index in [1.165, 1.54) is 16.8 Å². The van der Waals surface area contributed by atoms with Gasteiger partial charge in [0.05, 0.1) is 0 Å². The Morgan fingerprint density at radius 3 is 2.69 bits per heavy atom. The van der Waals surface area contributed by atoms with Gasteiger partial charge in [0.25, 0.3) is 0 Å². The van der Waals surface area contributed by atoms with E-state index in [9.17, 15) is 9.59 Å². The van der Waals surface area contributed by atoms with Crippen molar-refractivity contribution >= 4 is 12.0 Å². The zero-order chi connectivity index (χ0) is 20.8. The quantitative estimate of drug-likeness (QED) is 0.523. The predicted molar refractivity (Wildman–Crippen MR) is 96.3 cm³/mol. The van der Waals surface area contributed by atoms with Crippen molar-refractivity contribution in [3.05, 3.63) is 22.7 Å². The first kappa shape index (κ1) is 20.1. The van der Waals surface area contributed by atoms with Gasteiger partial charge in [-0.2, -0.15) is 4.98 Å². The van der Waals surface area contributed by atoms with Crippen molar-refractivity contribution in [2.45, 2.75) is 63.9 Å². The van der Waals surface area contributed by atoms with Crippen LogP contribution in [0.5, 0.6) is 0 Å². The van der Waals surface area contributed by atoms with E-state index in [0.717, 1.165) is 12.8 Å². The van der Waals surface area contributed by atoms with Crippen molar-refractivity contribution in [1.29, 1.82) is 0 Å². The molecule has 2 saturated heterocycles. The van der Waals surface area contributed by atoms with Crippen molar-refractivity contribution < 1.29 is 33.7 Å². The summed E-state index contributed by atoms with van der Waals surface area (Å²) in [6, 6.07) is 1.42. The molecular weight excluding hydrogens is 386 g/mol. The Kier molecular flexibility index (Phi) is 5.01. The fourth-order valence-corrected chi connectivity index (χ4v) is 3.47. The van der Waals surface area contributed by atoms with Crippen LogP contribution >= 0.6 is 0 Å². The van der Waals surface area contributed by atoms with Crippen LogP contribution in [-0.2, 0) is 23.7 Å². The number of carbonyl (C=O) groups excluding carboxylic acids is 1. The summed E-state index contributed by atoms with van der Waals surface area (Å²) in [5, 5.41) is 8.90. The molecule has 2 aliphatic heterocycles. The van der Waals surface area contributed by atoms with Gasteiger partial charge in [0.2, 0.25) is 0 Å². The van der Waals surface area contributed by atoms with Crippen LogP contribution < -0.4 is 11.2 Å². The smallest absolute Gasteiger partial charge is 0.434 e. The number of carbonyl (C=O) groups is 1. The summed E-state index contributed by atoms with van der Waals surface area (Å²) >= 11 is 0. The zero-order valence-corrected chi connectivity index (χ0v) is 16.5. The topological polar surface area (TPSA) is 130 Å². The van der Waals surface area contributed by atoms with Crippen LogP contribution in [-0.4, -0.2) is 58.2 Å². The van der Waals surface area contributed by atoms with Crippen LogP contribution in [0, 0.1) is 5.41 Å². The molecule has 3 aliphatic rings. The summed E-state index contributed by atoms with van der Waals surface area (Å²) in [5.74, 6) is -0.878. The van der Waals surface area contributed by atoms with Gasteiger partial charge in [0, 0.05) is 11.6 Å². The second-order valence-corrected chi connectivity index (χ2v) is 8.40. The van der Waals surface area contributed by atoms with E-state index in [1.54, 1.807) is 13.8 Å². The molecule has 29 heavy (non-hydrogen) atoms. The monoisotopic (exact) mass is 411 g/mol. The largest absolute Gasteiger partial charge is 0.508 e. The number of fused-ring (bicyclic) bond motifs is 1. The molecule has 1 aliphatic carbocycles. The van der Waals surface area contributed by atoms with E-state index in [2.05, 4.69) is 4.98 Å². The van der Waals surface area contributed by atoms with Gasteiger partial charge in [-0.25, -0.2) is 9.59 Å². The molecule has 0 amide bonds. The Morgan fingerprint density at radius 1 is 1.31 bits per heavy atom. The average Bonchev–Trinajstić information content (AvgIpc) is 3.21. The normalized spacial score (nSPS) is 31.2. The first-order valence-electron chi connectivity index (χ1n) is 9.50. The van der Waals surface area contributed by atoms with Crippen molar-refractivity contribution in [2.75, 3.05) is 18.7 Å². The maximum atomic E-state index is 12.3. The second-order valence-electron chi connectivity index (χ2n) is 8.40. The van der Waals surface area contributed by atoms with Gasteiger partial charge in [-0.15, -0.1) is 0 Å². The van der Waals surface area contributed by atoms with Gasteiger partial charge in [0.15, 0.2) is 17.8 Å². The fraction of sp³-hybridized carbons (Fsp3) is 0.722. The van der Waals surface area contributed by atoms with E-state index >= 15 is 0 Å². The first-order chi connectivity index (χ1) is 13.7. The Labute approximate surface area is 166 Å². The van der Waals surface area contributed by atoms with E-state index in [0.29, 0.717) is 6.61 Å². The van der Waals surface area contributed by atoms with Crippen LogP contribution in [0.2, 0.25) is 0 Å². The lowest BCUT2D eigenvalue weighted by Crippen LogP contribution is -2.34. The highest BCUT2D eigenvalue weighted by Gasteiger charge is 2.56. The molecule has 160 valence electrons. The molecule has 2 N–H and O–H groups in total. The Bertz CT molecular complexity index is 837. The van der Waals surface area contributed by atoms with Crippen LogP contribution in [0.4, 0.5) is 10.6 Å². The Balaban J connectivity index is 1.44. The molecule has 11 heteroatoms. The summed E-state index contributed by atoms with van der Waals surface area (Å²) in [6.45, 7) is 5.77. The predicted octanol–water partition coefficient (Wildman–Crippen LogP) is 1.42. The minimum absolute atomic E-state index is 0.0108. The van der Waals surface area contributed by atoms with Gasteiger partial charge < -0.3 is 23.7 Å². The molecule has 11 nitrogen and oxygen atoms in total. The second kappa shape index (κ2) is 7.24. The lowest BCUT2D eigenvalue weighted by Gasteiger charge is -2.24. The van der Waals surface area contributed by atoms with Crippen LogP contribution in [0.25, 0.3) is 0 Å². The molecule has 0 radical (unpaired) electrons. The van der Waals surface area contributed by atoms with Gasteiger partial charge >= 0.3 is 11.8 Å². The molecular formula is C18H25N3O8. The first-order valence-corrected chi connectivity index (χ1v) is 9.50. The zero-order valence-electron chi connectivity index (χ0n) is 16.5. The molecule has 0 aromatic carbocycles. The molecule has 0 spiro atoms. The minimum Gasteiger partial charge on any atom is -0.434 e. The Morgan fingerprint density at radius 2 is 2.03 bits per heavy atom. The van der Waals surface area contributed by atoms with E-state index in [1.807, 2.05) is 12.4 Å². The van der Waals surface area contributed by atoms with E-state index in [4.69, 9.17) is 28.9 Å². The number of nitrogens with zero attached hydrogens (tertiary/aromatic N) is 2. The molecule has 3 heterocycles. The molecule has 1 aromatic rings. The summed E-state index contributed by atoms with van der Waals surface area (Å²) < 4.78 is 29.4. The standard InChI is InChI=1S/C18H25N3O8/c1-17(2)28-12-10(8-25-16(23)26-9-18(3)5-6-18)27-14(13(12)29-17)21-7-4-11(20-24)19-15(21)22/h4,7,10,12-14,24H,5-6,8-9H2,1-3H3,(H,19,20,22)/t10-,12-,13-,14-/m1/s1. The van der Waals surface area contributed by atoms with Gasteiger partial charge in [-0.05, 0) is 32.8 Å². The molecule has 4 rings (SSSR count). The molecule has 0 bridgehead atoms. The van der Waals surface area contributed by atoms with E-state index in [-0.39, 0.29) is 17.8 Å². The minimum atomic E-state index is -0.889. The highest BCUT2D eigenvalue weighted by Crippen LogP contribution is 2.45. The molecule has 1 aromatic heterocycles. The average molecular weight is 411 g/mol. The van der Waals surface area contributed by atoms with Gasteiger partial charge in [-0.1, -0.05) is 6.92 Å². The SMILES string of the molecule is CC1(COC(=O)OC[C@H]2O[C@@H](n3ccc(NO)nc3=O)[C@@H]3OC(C)(C)O[C@@H]32)CC1. The number of aromatic nitrogens is 2. The number of hydrogen-bond donors (Lipinski definition) is 2. The summed E-state index contributed by atoms with van der Waals surface area (Å²) in [4.78, 5) is 27.9. The molecule has 1 saturated carbocycles. The highest BCUT2D eigenvalue weighted by atomic mass is 16.8. The fourth-order valence-electron chi connectivity index (χ4n) is 3.47. The van der Waals surface area contributed by atoms with Crippen molar-refractivity contribution in [3.8, 4) is 0 Å². The van der Waals surface area contributed by atoms with Crippen LogP contribution in [0.15, 0.2) is 17.1 Å². The summed E-state index contributed by atoms with van der Waals surface area (Å²) in [6.07, 6.45) is 0.0904. The van der Waals surface area contributed by atoms with Crippen LogP contribution in [0.1, 0.15) is 39.8 Å². The number of hydrogen-bond acceptors (Lipinski definition) is 10. The summed E-state index contributed by atoms with van der Waals surface area (Å²) in [7, 11) is 0. The lowest BCUT2D eigenvalue weighted by atomic mass is 10.1. The number of anilines is 1. The van der Waals surface area contributed by atoms with Gasteiger partial charge in [-0.3, -0.25) is 15.3 Å². The van der Waals surface area contributed by atoms with Crippen LogP contribution in [0.3, 0.4) is 0 Å². The third kappa shape index (κ3) is 4.22. The van der Waals surface area contributed by atoms with Crippen molar-refractivity contribution in [3.63, 3.8) is 0 Å². The van der Waals surface area contributed by atoms with Gasteiger partial charge in [0.1, 0.15) is 31.5 Å². The molecule has 3 fully saturated rings.